The van der Waals surface area contributed by atoms with Crippen molar-refractivity contribution in [2.45, 2.75) is 6.54 Å². The van der Waals surface area contributed by atoms with E-state index in [0.29, 0.717) is 17.8 Å². The number of amides is 1. The van der Waals surface area contributed by atoms with E-state index in [1.807, 2.05) is 23.6 Å². The van der Waals surface area contributed by atoms with Gasteiger partial charge in [0.2, 0.25) is 0 Å². The van der Waals surface area contributed by atoms with Crippen molar-refractivity contribution in [3.63, 3.8) is 0 Å². The molecule has 0 saturated heterocycles. The van der Waals surface area contributed by atoms with Crippen LogP contribution in [-0.2, 0) is 6.54 Å². The summed E-state index contributed by atoms with van der Waals surface area (Å²) in [5.74, 6) is 5.22. The molecule has 1 heterocycles. The van der Waals surface area contributed by atoms with Crippen molar-refractivity contribution >= 4 is 22.9 Å². The maximum atomic E-state index is 11.9. The highest BCUT2D eigenvalue weighted by Gasteiger charge is 2.09. The molecule has 0 aliphatic carbocycles. The number of hydrogen-bond acceptors (Lipinski definition) is 4. The lowest BCUT2D eigenvalue weighted by atomic mass is 10.1. The number of hydrazine groups is 1. The van der Waals surface area contributed by atoms with E-state index in [2.05, 4.69) is 10.7 Å². The Hall–Kier alpha value is -1.85. The van der Waals surface area contributed by atoms with Gasteiger partial charge in [-0.2, -0.15) is 0 Å². The second kappa shape index (κ2) is 5.47. The number of thiophene rings is 1. The normalized spacial score (nSPS) is 9.94. The monoisotopic (exact) mass is 247 g/mol. The van der Waals surface area contributed by atoms with Crippen LogP contribution in [0.3, 0.4) is 0 Å². The standard InChI is InChI=1S/C12H13N3OS/c13-15-11-6-2-1-5-10(11)12(16)14-8-9-4-3-7-17-9/h1-7,15H,8,13H2,(H,14,16). The quantitative estimate of drug-likeness (QED) is 0.571. The highest BCUT2D eigenvalue weighted by atomic mass is 32.1. The van der Waals surface area contributed by atoms with E-state index in [0.717, 1.165) is 4.88 Å². The highest BCUT2D eigenvalue weighted by Crippen LogP contribution is 2.14. The van der Waals surface area contributed by atoms with Crippen LogP contribution in [0.4, 0.5) is 5.69 Å². The van der Waals surface area contributed by atoms with Gasteiger partial charge in [0.25, 0.3) is 5.91 Å². The lowest BCUT2D eigenvalue weighted by Crippen LogP contribution is -2.24. The summed E-state index contributed by atoms with van der Waals surface area (Å²) in [6, 6.07) is 11.1. The minimum absolute atomic E-state index is 0.132. The van der Waals surface area contributed by atoms with Gasteiger partial charge in [0.15, 0.2) is 0 Å². The van der Waals surface area contributed by atoms with Crippen LogP contribution in [0.15, 0.2) is 41.8 Å². The molecule has 1 amide bonds. The van der Waals surface area contributed by atoms with Gasteiger partial charge in [0.05, 0.1) is 17.8 Å². The number of carbonyl (C=O) groups is 1. The molecule has 0 radical (unpaired) electrons. The molecule has 0 aliphatic heterocycles. The first-order chi connectivity index (χ1) is 8.31. The van der Waals surface area contributed by atoms with E-state index in [9.17, 15) is 4.79 Å². The molecule has 0 aliphatic rings. The zero-order valence-corrected chi connectivity index (χ0v) is 9.96. The Bertz CT molecular complexity index is 496. The molecular formula is C12H13N3OS. The van der Waals surface area contributed by atoms with Crippen molar-refractivity contribution in [1.29, 1.82) is 0 Å². The van der Waals surface area contributed by atoms with Crippen molar-refractivity contribution in [2.24, 2.45) is 5.84 Å². The number of para-hydroxylation sites is 1. The van der Waals surface area contributed by atoms with Gasteiger partial charge in [-0.15, -0.1) is 11.3 Å². The van der Waals surface area contributed by atoms with Gasteiger partial charge in [-0.05, 0) is 23.6 Å². The average Bonchev–Trinajstić information content (AvgIpc) is 2.89. The number of hydrogen-bond donors (Lipinski definition) is 3. The second-order valence-corrected chi connectivity index (χ2v) is 4.48. The molecule has 5 heteroatoms. The minimum atomic E-state index is -0.132. The first kappa shape index (κ1) is 11.6. The molecule has 1 aromatic heterocycles. The van der Waals surface area contributed by atoms with Crippen molar-refractivity contribution in [2.75, 3.05) is 5.43 Å². The van der Waals surface area contributed by atoms with Crippen molar-refractivity contribution < 1.29 is 4.79 Å². The van der Waals surface area contributed by atoms with Gasteiger partial charge in [-0.25, -0.2) is 0 Å². The fourth-order valence-corrected chi connectivity index (χ4v) is 2.13. The molecule has 0 spiro atoms. The smallest absolute Gasteiger partial charge is 0.253 e. The maximum absolute atomic E-state index is 11.9. The number of nitrogen functional groups attached to an aromatic ring is 1. The molecular weight excluding hydrogens is 234 g/mol. The van der Waals surface area contributed by atoms with Crippen molar-refractivity contribution in [3.05, 3.63) is 52.2 Å². The van der Waals surface area contributed by atoms with Crippen LogP contribution in [-0.4, -0.2) is 5.91 Å². The molecule has 17 heavy (non-hydrogen) atoms. The number of nitrogens with two attached hydrogens (primary N) is 1. The molecule has 0 unspecified atom stereocenters. The largest absolute Gasteiger partial charge is 0.347 e. The fraction of sp³-hybridized carbons (Fsp3) is 0.0833. The lowest BCUT2D eigenvalue weighted by Gasteiger charge is -2.08. The van der Waals surface area contributed by atoms with Crippen LogP contribution in [0.1, 0.15) is 15.2 Å². The van der Waals surface area contributed by atoms with Crippen LogP contribution in [0.25, 0.3) is 0 Å². The highest BCUT2D eigenvalue weighted by molar-refractivity contribution is 7.09. The Morgan fingerprint density at radius 3 is 2.76 bits per heavy atom. The molecule has 2 aromatic rings. The third kappa shape index (κ3) is 2.83. The van der Waals surface area contributed by atoms with Crippen molar-refractivity contribution in [3.8, 4) is 0 Å². The number of rotatable bonds is 4. The van der Waals surface area contributed by atoms with Crippen LogP contribution < -0.4 is 16.6 Å². The molecule has 0 saturated carbocycles. The van der Waals surface area contributed by atoms with Gasteiger partial charge in [-0.3, -0.25) is 10.6 Å². The SMILES string of the molecule is NNc1ccccc1C(=O)NCc1cccs1. The summed E-state index contributed by atoms with van der Waals surface area (Å²) in [5, 5.41) is 4.84. The molecule has 0 atom stereocenters. The number of carbonyl (C=O) groups excluding carboxylic acids is 1. The summed E-state index contributed by atoms with van der Waals surface area (Å²) >= 11 is 1.62. The van der Waals surface area contributed by atoms with E-state index >= 15 is 0 Å². The van der Waals surface area contributed by atoms with Crippen LogP contribution in [0.5, 0.6) is 0 Å². The zero-order valence-electron chi connectivity index (χ0n) is 9.14. The predicted molar refractivity (Wildman–Crippen MR) is 69.7 cm³/mol. The Balaban J connectivity index is 2.04. The molecule has 0 bridgehead atoms. The fourth-order valence-electron chi connectivity index (χ4n) is 1.48. The topological polar surface area (TPSA) is 67.1 Å². The Labute approximate surface area is 103 Å². The molecule has 4 N–H and O–H groups in total. The summed E-state index contributed by atoms with van der Waals surface area (Å²) in [6.45, 7) is 0.537. The van der Waals surface area contributed by atoms with E-state index in [4.69, 9.17) is 5.84 Å². The molecule has 2 rings (SSSR count). The van der Waals surface area contributed by atoms with E-state index < -0.39 is 0 Å². The lowest BCUT2D eigenvalue weighted by molar-refractivity contribution is 0.0952. The van der Waals surface area contributed by atoms with Gasteiger partial charge in [0, 0.05) is 4.88 Å². The molecule has 88 valence electrons. The number of anilines is 1. The second-order valence-electron chi connectivity index (χ2n) is 3.45. The summed E-state index contributed by atoms with van der Waals surface area (Å²) in [5.41, 5.74) is 3.68. The Morgan fingerprint density at radius 2 is 2.06 bits per heavy atom. The Morgan fingerprint density at radius 1 is 1.24 bits per heavy atom. The summed E-state index contributed by atoms with van der Waals surface area (Å²) in [4.78, 5) is 13.0. The third-order valence-electron chi connectivity index (χ3n) is 2.33. The van der Waals surface area contributed by atoms with E-state index in [1.165, 1.54) is 0 Å². The van der Waals surface area contributed by atoms with Crippen molar-refractivity contribution in [1.82, 2.24) is 5.32 Å². The summed E-state index contributed by atoms with van der Waals surface area (Å²) in [7, 11) is 0. The average molecular weight is 247 g/mol. The van der Waals surface area contributed by atoms with Crippen LogP contribution in [0.2, 0.25) is 0 Å². The zero-order chi connectivity index (χ0) is 12.1. The maximum Gasteiger partial charge on any atom is 0.253 e. The van der Waals surface area contributed by atoms with Gasteiger partial charge < -0.3 is 10.7 Å². The molecule has 0 fully saturated rings. The first-order valence-electron chi connectivity index (χ1n) is 5.17. The van der Waals surface area contributed by atoms with Gasteiger partial charge >= 0.3 is 0 Å². The van der Waals surface area contributed by atoms with Gasteiger partial charge in [-0.1, -0.05) is 18.2 Å². The number of benzene rings is 1. The first-order valence-corrected chi connectivity index (χ1v) is 6.05. The predicted octanol–water partition coefficient (Wildman–Crippen LogP) is 1.96. The van der Waals surface area contributed by atoms with E-state index in [1.54, 1.807) is 29.5 Å². The third-order valence-corrected chi connectivity index (χ3v) is 3.21. The van der Waals surface area contributed by atoms with Crippen LogP contribution >= 0.6 is 11.3 Å². The molecule has 1 aromatic carbocycles. The van der Waals surface area contributed by atoms with Crippen LogP contribution in [0, 0.1) is 0 Å². The Kier molecular flexibility index (Phi) is 3.74. The summed E-state index contributed by atoms with van der Waals surface area (Å²) < 4.78 is 0. The van der Waals surface area contributed by atoms with E-state index in [-0.39, 0.29) is 5.91 Å². The number of nitrogens with one attached hydrogen (secondary N) is 2. The summed E-state index contributed by atoms with van der Waals surface area (Å²) in [6.07, 6.45) is 0. The molecule has 4 nitrogen and oxygen atoms in total. The minimum Gasteiger partial charge on any atom is -0.347 e. The van der Waals surface area contributed by atoms with Gasteiger partial charge in [0.1, 0.15) is 0 Å².